The van der Waals surface area contributed by atoms with E-state index in [9.17, 15) is 4.79 Å². The van der Waals surface area contributed by atoms with E-state index in [0.717, 1.165) is 42.9 Å². The third-order valence-corrected chi connectivity index (χ3v) is 5.12. The summed E-state index contributed by atoms with van der Waals surface area (Å²) in [6, 6.07) is 20.2. The van der Waals surface area contributed by atoms with Crippen molar-refractivity contribution in [2.75, 3.05) is 16.8 Å². The molecule has 0 unspecified atom stereocenters. The number of aromatic nitrogens is 1. The minimum Gasteiger partial charge on any atom is -0.366 e. The Kier molecular flexibility index (Phi) is 4.88. The summed E-state index contributed by atoms with van der Waals surface area (Å²) in [5.74, 6) is -0.175. The van der Waals surface area contributed by atoms with E-state index in [0.29, 0.717) is 5.69 Å². The lowest BCUT2D eigenvalue weighted by Crippen LogP contribution is -2.30. The first-order chi connectivity index (χ1) is 13.2. The van der Waals surface area contributed by atoms with Crippen molar-refractivity contribution in [2.45, 2.75) is 26.3 Å². The van der Waals surface area contributed by atoms with Crippen molar-refractivity contribution in [3.05, 3.63) is 89.2 Å². The Morgan fingerprint density at radius 3 is 2.59 bits per heavy atom. The number of carbonyl (C=O) groups is 1. The molecule has 4 rings (SSSR count). The number of aryl methyl sites for hydroxylation is 1. The van der Waals surface area contributed by atoms with Crippen molar-refractivity contribution in [2.24, 2.45) is 0 Å². The van der Waals surface area contributed by atoms with E-state index in [1.807, 2.05) is 30.3 Å². The van der Waals surface area contributed by atoms with Crippen LogP contribution in [0.5, 0.6) is 0 Å². The molecule has 0 atom stereocenters. The monoisotopic (exact) mass is 357 g/mol. The number of fused-ring (bicyclic) bond motifs is 1. The zero-order valence-electron chi connectivity index (χ0n) is 15.5. The van der Waals surface area contributed by atoms with Gasteiger partial charge in [-0.1, -0.05) is 49.4 Å². The zero-order valence-corrected chi connectivity index (χ0v) is 15.5. The number of amides is 1. The molecule has 4 heteroatoms. The second kappa shape index (κ2) is 7.62. The summed E-state index contributed by atoms with van der Waals surface area (Å²) < 4.78 is 0. The van der Waals surface area contributed by atoms with E-state index in [4.69, 9.17) is 0 Å². The number of rotatable bonds is 4. The van der Waals surface area contributed by atoms with Crippen LogP contribution in [0.1, 0.15) is 34.1 Å². The second-order valence-electron chi connectivity index (χ2n) is 6.81. The number of para-hydroxylation sites is 1. The molecule has 1 aliphatic heterocycles. The Hall–Kier alpha value is -3.14. The van der Waals surface area contributed by atoms with Crippen molar-refractivity contribution in [3.8, 4) is 0 Å². The molecule has 0 saturated heterocycles. The van der Waals surface area contributed by atoms with E-state index >= 15 is 0 Å². The van der Waals surface area contributed by atoms with Crippen LogP contribution in [0, 0.1) is 0 Å². The summed E-state index contributed by atoms with van der Waals surface area (Å²) in [5.41, 5.74) is 6.24. The van der Waals surface area contributed by atoms with Gasteiger partial charge in [0.2, 0.25) is 0 Å². The first kappa shape index (κ1) is 17.3. The van der Waals surface area contributed by atoms with Gasteiger partial charge in [0, 0.05) is 18.8 Å². The molecule has 3 aromatic rings. The van der Waals surface area contributed by atoms with Gasteiger partial charge in [0.05, 0.1) is 11.9 Å². The fourth-order valence-electron chi connectivity index (χ4n) is 3.56. The van der Waals surface area contributed by atoms with Gasteiger partial charge in [-0.05, 0) is 47.7 Å². The molecule has 0 saturated carbocycles. The fraction of sp³-hybridized carbons (Fsp3) is 0.217. The molecule has 4 nitrogen and oxygen atoms in total. The zero-order chi connectivity index (χ0) is 18.6. The van der Waals surface area contributed by atoms with Crippen LogP contribution in [-0.4, -0.2) is 17.4 Å². The van der Waals surface area contributed by atoms with Gasteiger partial charge in [-0.25, -0.2) is 4.98 Å². The van der Waals surface area contributed by atoms with E-state index in [1.54, 1.807) is 12.3 Å². The van der Waals surface area contributed by atoms with Crippen LogP contribution in [-0.2, 0) is 19.4 Å². The Balaban J connectivity index is 1.47. The standard InChI is InChI=1S/C23H23N3O/c1-2-17-7-5-6-10-21(17)25-23(27)22-12-11-20(15-24-22)26-14-13-18-8-3-4-9-19(18)16-26/h3-12,15H,2,13-14,16H2,1H3,(H,25,27). The fourth-order valence-corrected chi connectivity index (χ4v) is 3.56. The Morgan fingerprint density at radius 2 is 1.81 bits per heavy atom. The number of nitrogens with zero attached hydrogens (tertiary/aromatic N) is 2. The topological polar surface area (TPSA) is 45.2 Å². The largest absolute Gasteiger partial charge is 0.366 e. The molecular formula is C23H23N3O. The van der Waals surface area contributed by atoms with E-state index in [1.165, 1.54) is 11.1 Å². The third-order valence-electron chi connectivity index (χ3n) is 5.12. The van der Waals surface area contributed by atoms with Crippen LogP contribution in [0.25, 0.3) is 0 Å². The molecule has 1 amide bonds. The van der Waals surface area contributed by atoms with Crippen LogP contribution in [0.4, 0.5) is 11.4 Å². The van der Waals surface area contributed by atoms with Gasteiger partial charge in [0.1, 0.15) is 5.69 Å². The van der Waals surface area contributed by atoms with Gasteiger partial charge < -0.3 is 10.2 Å². The van der Waals surface area contributed by atoms with Gasteiger partial charge in [0.25, 0.3) is 5.91 Å². The minimum atomic E-state index is -0.175. The predicted molar refractivity (Wildman–Crippen MR) is 109 cm³/mol. The average molecular weight is 357 g/mol. The van der Waals surface area contributed by atoms with Crippen LogP contribution in [0.2, 0.25) is 0 Å². The number of hydrogen-bond acceptors (Lipinski definition) is 3. The maximum atomic E-state index is 12.5. The molecule has 0 spiro atoms. The van der Waals surface area contributed by atoms with Crippen molar-refractivity contribution in [3.63, 3.8) is 0 Å². The van der Waals surface area contributed by atoms with Crippen molar-refractivity contribution >= 4 is 17.3 Å². The number of nitrogens with one attached hydrogen (secondary N) is 1. The highest BCUT2D eigenvalue weighted by Gasteiger charge is 2.17. The van der Waals surface area contributed by atoms with Crippen molar-refractivity contribution < 1.29 is 4.79 Å². The summed E-state index contributed by atoms with van der Waals surface area (Å²) in [7, 11) is 0. The summed E-state index contributed by atoms with van der Waals surface area (Å²) in [5, 5.41) is 2.97. The summed E-state index contributed by atoms with van der Waals surface area (Å²) in [6.07, 6.45) is 3.71. The SMILES string of the molecule is CCc1ccccc1NC(=O)c1ccc(N2CCc3ccccc3C2)cn1. The molecule has 1 N–H and O–H groups in total. The molecule has 136 valence electrons. The Morgan fingerprint density at radius 1 is 1.04 bits per heavy atom. The lowest BCUT2D eigenvalue weighted by atomic mass is 10.00. The lowest BCUT2D eigenvalue weighted by molar-refractivity contribution is 0.102. The van der Waals surface area contributed by atoms with E-state index in [2.05, 4.69) is 46.4 Å². The molecule has 2 heterocycles. The highest BCUT2D eigenvalue weighted by Crippen LogP contribution is 2.24. The highest BCUT2D eigenvalue weighted by atomic mass is 16.1. The van der Waals surface area contributed by atoms with E-state index in [-0.39, 0.29) is 5.91 Å². The number of pyridine rings is 1. The normalized spacial score (nSPS) is 13.1. The number of hydrogen-bond donors (Lipinski definition) is 1. The van der Waals surface area contributed by atoms with E-state index < -0.39 is 0 Å². The molecule has 0 aliphatic carbocycles. The maximum Gasteiger partial charge on any atom is 0.274 e. The van der Waals surface area contributed by atoms with Gasteiger partial charge in [-0.2, -0.15) is 0 Å². The van der Waals surface area contributed by atoms with Crippen LogP contribution in [0.15, 0.2) is 66.9 Å². The third kappa shape index (κ3) is 3.70. The molecule has 0 bridgehead atoms. The quantitative estimate of drug-likeness (QED) is 0.750. The summed E-state index contributed by atoms with van der Waals surface area (Å²) >= 11 is 0. The number of anilines is 2. The maximum absolute atomic E-state index is 12.5. The average Bonchev–Trinajstić information content (AvgIpc) is 2.74. The molecule has 0 radical (unpaired) electrons. The summed E-state index contributed by atoms with van der Waals surface area (Å²) in [4.78, 5) is 19.3. The Bertz CT molecular complexity index is 950. The predicted octanol–water partition coefficient (Wildman–Crippen LogP) is 4.46. The first-order valence-electron chi connectivity index (χ1n) is 9.41. The molecular weight excluding hydrogens is 334 g/mol. The first-order valence-corrected chi connectivity index (χ1v) is 9.41. The van der Waals surface area contributed by atoms with Gasteiger partial charge in [-0.3, -0.25) is 4.79 Å². The summed E-state index contributed by atoms with van der Waals surface area (Å²) in [6.45, 7) is 3.93. The Labute approximate surface area is 159 Å². The molecule has 2 aromatic carbocycles. The number of carbonyl (C=O) groups excluding carboxylic acids is 1. The molecule has 1 aromatic heterocycles. The second-order valence-corrected chi connectivity index (χ2v) is 6.81. The van der Waals surface area contributed by atoms with Gasteiger partial charge in [-0.15, -0.1) is 0 Å². The molecule has 1 aliphatic rings. The van der Waals surface area contributed by atoms with Crippen LogP contribution >= 0.6 is 0 Å². The van der Waals surface area contributed by atoms with Crippen LogP contribution in [0.3, 0.4) is 0 Å². The van der Waals surface area contributed by atoms with Crippen LogP contribution < -0.4 is 10.2 Å². The molecule has 27 heavy (non-hydrogen) atoms. The minimum absolute atomic E-state index is 0.175. The van der Waals surface area contributed by atoms with Crippen molar-refractivity contribution in [1.82, 2.24) is 4.98 Å². The molecule has 0 fully saturated rings. The van der Waals surface area contributed by atoms with Gasteiger partial charge in [0.15, 0.2) is 0 Å². The number of benzene rings is 2. The lowest BCUT2D eigenvalue weighted by Gasteiger charge is -2.30. The smallest absolute Gasteiger partial charge is 0.274 e. The highest BCUT2D eigenvalue weighted by molar-refractivity contribution is 6.03. The van der Waals surface area contributed by atoms with Gasteiger partial charge >= 0.3 is 0 Å². The van der Waals surface area contributed by atoms with Crippen molar-refractivity contribution in [1.29, 1.82) is 0 Å².